The molecular formula is C18H18N6O3. The van der Waals surface area contributed by atoms with Crippen molar-refractivity contribution in [3.8, 4) is 0 Å². The maximum Gasteiger partial charge on any atom is 0.263 e. The van der Waals surface area contributed by atoms with E-state index in [-0.39, 0.29) is 24.8 Å². The third-order valence-corrected chi connectivity index (χ3v) is 4.42. The van der Waals surface area contributed by atoms with Gasteiger partial charge in [-0.15, -0.1) is 0 Å². The predicted octanol–water partition coefficient (Wildman–Crippen LogP) is 0.454. The zero-order valence-corrected chi connectivity index (χ0v) is 14.5. The molecule has 0 unspecified atom stereocenters. The van der Waals surface area contributed by atoms with E-state index in [2.05, 4.69) is 31.4 Å². The molecule has 0 radical (unpaired) electrons. The summed E-state index contributed by atoms with van der Waals surface area (Å²) in [5, 5.41) is 6.71. The molecule has 1 aromatic carbocycles. The molecule has 9 nitrogen and oxygen atoms in total. The largest absolute Gasteiger partial charge is 0.371 e. The van der Waals surface area contributed by atoms with Gasteiger partial charge in [0.1, 0.15) is 36.7 Å². The number of nitrogens with zero attached hydrogens (tertiary/aromatic N) is 4. The van der Waals surface area contributed by atoms with Gasteiger partial charge in [-0.2, -0.15) is 5.10 Å². The van der Waals surface area contributed by atoms with Crippen LogP contribution in [0.15, 0.2) is 47.9 Å². The molecule has 3 aromatic rings. The Morgan fingerprint density at radius 1 is 1.37 bits per heavy atom. The molecule has 1 aliphatic heterocycles. The molecule has 0 spiro atoms. The maximum absolute atomic E-state index is 12.4. The number of benzene rings is 1. The second-order valence-corrected chi connectivity index (χ2v) is 6.18. The van der Waals surface area contributed by atoms with Crippen LogP contribution >= 0.6 is 0 Å². The van der Waals surface area contributed by atoms with E-state index in [0.717, 1.165) is 12.0 Å². The van der Waals surface area contributed by atoms with Gasteiger partial charge < -0.3 is 15.0 Å². The molecule has 0 aliphatic carbocycles. The van der Waals surface area contributed by atoms with Crippen LogP contribution in [0.4, 0.5) is 0 Å². The van der Waals surface area contributed by atoms with Crippen molar-refractivity contribution in [2.75, 3.05) is 13.2 Å². The number of carbonyl (C=O) groups excluding carboxylic acids is 1. The summed E-state index contributed by atoms with van der Waals surface area (Å²) in [5.74, 6) is -0.0886. The van der Waals surface area contributed by atoms with Crippen LogP contribution in [-0.2, 0) is 17.7 Å². The first kappa shape index (κ1) is 17.1. The molecule has 2 aromatic heterocycles. The minimum absolute atomic E-state index is 0.0403. The Morgan fingerprint density at radius 3 is 3.07 bits per heavy atom. The van der Waals surface area contributed by atoms with Crippen LogP contribution in [0, 0.1) is 0 Å². The Bertz CT molecular complexity index is 998. The van der Waals surface area contributed by atoms with Gasteiger partial charge in [0, 0.05) is 12.7 Å². The summed E-state index contributed by atoms with van der Waals surface area (Å²) >= 11 is 0. The number of aromatic amines is 1. The molecule has 138 valence electrons. The first-order valence-electron chi connectivity index (χ1n) is 8.59. The second kappa shape index (κ2) is 7.50. The standard InChI is InChI=1S/C18H18N6O3/c25-17(21-8-15-13-4-2-1-3-12(13)5-6-27-15)14-7-20-16(23-18(14)26)9-24-11-19-10-22-24/h1-4,7,10-11,15H,5-6,8-9H2,(H,21,25)(H,20,23,26)/t15-/m1/s1. The van der Waals surface area contributed by atoms with Gasteiger partial charge in [0.05, 0.1) is 6.61 Å². The van der Waals surface area contributed by atoms with Gasteiger partial charge in [0.15, 0.2) is 0 Å². The monoisotopic (exact) mass is 366 g/mol. The van der Waals surface area contributed by atoms with Crippen molar-refractivity contribution in [2.24, 2.45) is 0 Å². The van der Waals surface area contributed by atoms with Crippen LogP contribution in [0.3, 0.4) is 0 Å². The number of aromatic nitrogens is 5. The number of fused-ring (bicyclic) bond motifs is 1. The summed E-state index contributed by atoms with van der Waals surface area (Å²) in [6, 6.07) is 8.00. The number of hydrogen-bond donors (Lipinski definition) is 2. The summed E-state index contributed by atoms with van der Waals surface area (Å²) in [6.07, 6.45) is 4.82. The average Bonchev–Trinajstić information content (AvgIpc) is 3.19. The van der Waals surface area contributed by atoms with E-state index < -0.39 is 11.5 Å². The van der Waals surface area contributed by atoms with E-state index >= 15 is 0 Å². The van der Waals surface area contributed by atoms with Crippen molar-refractivity contribution in [2.45, 2.75) is 19.1 Å². The number of amides is 1. The highest BCUT2D eigenvalue weighted by atomic mass is 16.5. The van der Waals surface area contributed by atoms with Crippen molar-refractivity contribution in [3.05, 3.63) is 76.0 Å². The molecule has 1 amide bonds. The summed E-state index contributed by atoms with van der Waals surface area (Å²) in [4.78, 5) is 35.2. The minimum Gasteiger partial charge on any atom is -0.371 e. The quantitative estimate of drug-likeness (QED) is 0.678. The number of ether oxygens (including phenoxy) is 1. The molecule has 2 N–H and O–H groups in total. The molecule has 1 atom stereocenters. The Hall–Kier alpha value is -3.33. The van der Waals surface area contributed by atoms with Crippen molar-refractivity contribution >= 4 is 5.91 Å². The number of hydrogen-bond acceptors (Lipinski definition) is 6. The van der Waals surface area contributed by atoms with Gasteiger partial charge in [0.2, 0.25) is 0 Å². The Kier molecular flexibility index (Phi) is 4.75. The minimum atomic E-state index is -0.498. The van der Waals surface area contributed by atoms with Crippen LogP contribution in [0.2, 0.25) is 0 Å². The maximum atomic E-state index is 12.4. The predicted molar refractivity (Wildman–Crippen MR) is 95.2 cm³/mol. The van der Waals surface area contributed by atoms with Gasteiger partial charge in [-0.3, -0.25) is 9.59 Å². The number of rotatable bonds is 5. The van der Waals surface area contributed by atoms with Crippen LogP contribution < -0.4 is 10.9 Å². The molecule has 0 saturated heterocycles. The summed E-state index contributed by atoms with van der Waals surface area (Å²) in [5.41, 5.74) is 1.75. The van der Waals surface area contributed by atoms with Gasteiger partial charge in [-0.1, -0.05) is 24.3 Å². The number of H-pyrrole nitrogens is 1. The molecule has 0 bridgehead atoms. The summed E-state index contributed by atoms with van der Waals surface area (Å²) < 4.78 is 7.29. The highest BCUT2D eigenvalue weighted by molar-refractivity contribution is 5.93. The molecule has 4 rings (SSSR count). The van der Waals surface area contributed by atoms with Crippen LogP contribution in [0.25, 0.3) is 0 Å². The van der Waals surface area contributed by atoms with E-state index in [1.165, 1.54) is 29.1 Å². The molecule has 3 heterocycles. The normalized spacial score (nSPS) is 15.9. The third-order valence-electron chi connectivity index (χ3n) is 4.42. The van der Waals surface area contributed by atoms with Crippen LogP contribution in [0.1, 0.15) is 33.4 Å². The van der Waals surface area contributed by atoms with Gasteiger partial charge in [0.25, 0.3) is 11.5 Å². The highest BCUT2D eigenvalue weighted by Crippen LogP contribution is 2.26. The van der Waals surface area contributed by atoms with E-state index in [1.807, 2.05) is 18.2 Å². The smallest absolute Gasteiger partial charge is 0.263 e. The first-order valence-corrected chi connectivity index (χ1v) is 8.59. The Morgan fingerprint density at radius 2 is 2.26 bits per heavy atom. The van der Waals surface area contributed by atoms with Gasteiger partial charge in [-0.25, -0.2) is 14.6 Å². The molecule has 9 heteroatoms. The van der Waals surface area contributed by atoms with Crippen molar-refractivity contribution in [1.82, 2.24) is 30.0 Å². The second-order valence-electron chi connectivity index (χ2n) is 6.18. The number of carbonyl (C=O) groups is 1. The molecule has 27 heavy (non-hydrogen) atoms. The summed E-state index contributed by atoms with van der Waals surface area (Å²) in [6.45, 7) is 1.16. The van der Waals surface area contributed by atoms with Crippen LogP contribution in [-0.4, -0.2) is 43.8 Å². The van der Waals surface area contributed by atoms with Crippen LogP contribution in [0.5, 0.6) is 0 Å². The fourth-order valence-corrected chi connectivity index (χ4v) is 3.07. The van der Waals surface area contributed by atoms with Gasteiger partial charge >= 0.3 is 0 Å². The lowest BCUT2D eigenvalue weighted by Crippen LogP contribution is -2.35. The van der Waals surface area contributed by atoms with E-state index in [9.17, 15) is 9.59 Å². The summed E-state index contributed by atoms with van der Waals surface area (Å²) in [7, 11) is 0. The van der Waals surface area contributed by atoms with Gasteiger partial charge in [-0.05, 0) is 17.5 Å². The van der Waals surface area contributed by atoms with Crippen molar-refractivity contribution in [3.63, 3.8) is 0 Å². The third kappa shape index (κ3) is 3.77. The highest BCUT2D eigenvalue weighted by Gasteiger charge is 2.22. The van der Waals surface area contributed by atoms with E-state index in [1.54, 1.807) is 0 Å². The fraction of sp³-hybridized carbons (Fsp3) is 0.278. The van der Waals surface area contributed by atoms with Crippen molar-refractivity contribution in [1.29, 1.82) is 0 Å². The SMILES string of the molecule is O=C(NC[C@H]1OCCc2ccccc21)c1cnc(Cn2cncn2)[nH]c1=O. The Labute approximate surface area is 154 Å². The molecule has 0 fully saturated rings. The first-order chi connectivity index (χ1) is 13.2. The topological polar surface area (TPSA) is 115 Å². The zero-order chi connectivity index (χ0) is 18.6. The molecule has 0 saturated carbocycles. The molecule has 1 aliphatic rings. The van der Waals surface area contributed by atoms with Crippen molar-refractivity contribution < 1.29 is 9.53 Å². The van der Waals surface area contributed by atoms with E-state index in [4.69, 9.17) is 4.74 Å². The number of nitrogens with one attached hydrogen (secondary N) is 2. The molecular weight excluding hydrogens is 348 g/mol. The lowest BCUT2D eigenvalue weighted by Gasteiger charge is -2.26. The fourth-order valence-electron chi connectivity index (χ4n) is 3.07. The lowest BCUT2D eigenvalue weighted by molar-refractivity contribution is 0.0411. The van der Waals surface area contributed by atoms with E-state index in [0.29, 0.717) is 12.4 Å². The average molecular weight is 366 g/mol. The Balaban J connectivity index is 1.42. The lowest BCUT2D eigenvalue weighted by atomic mass is 9.97. The zero-order valence-electron chi connectivity index (χ0n) is 14.5.